The van der Waals surface area contributed by atoms with Gasteiger partial charge in [-0.3, -0.25) is 4.79 Å². The van der Waals surface area contributed by atoms with E-state index in [-0.39, 0.29) is 0 Å². The van der Waals surface area contributed by atoms with Crippen LogP contribution in [0.5, 0.6) is 0 Å². The number of aromatic nitrogens is 1. The van der Waals surface area contributed by atoms with Crippen LogP contribution < -0.4 is 5.73 Å². The van der Waals surface area contributed by atoms with Crippen LogP contribution >= 0.6 is 35.0 Å². The molecule has 6 heteroatoms. The molecule has 1 amide bonds. The fourth-order valence-electron chi connectivity index (χ4n) is 1.25. The number of nitrogens with zero attached hydrogens (tertiary/aromatic N) is 1. The zero-order chi connectivity index (χ0) is 13.1. The molecule has 0 saturated heterocycles. The number of nitrogens with two attached hydrogens (primary N) is 1. The van der Waals surface area contributed by atoms with Crippen molar-refractivity contribution in [2.24, 2.45) is 5.73 Å². The SMILES string of the molecule is NC(=O)c1cnc(Sc2ccc(Cl)cc2)c(Cl)c1. The molecule has 0 aliphatic carbocycles. The largest absolute Gasteiger partial charge is 0.366 e. The Balaban J connectivity index is 2.24. The summed E-state index contributed by atoms with van der Waals surface area (Å²) in [5, 5.41) is 1.68. The van der Waals surface area contributed by atoms with Gasteiger partial charge in [0.05, 0.1) is 10.6 Å². The number of pyridine rings is 1. The molecule has 0 radical (unpaired) electrons. The summed E-state index contributed by atoms with van der Waals surface area (Å²) < 4.78 is 0. The van der Waals surface area contributed by atoms with Gasteiger partial charge >= 0.3 is 0 Å². The molecule has 1 aromatic carbocycles. The first-order valence-corrected chi connectivity index (χ1v) is 6.52. The lowest BCUT2D eigenvalue weighted by atomic mass is 10.3. The van der Waals surface area contributed by atoms with Crippen LogP contribution in [0.3, 0.4) is 0 Å². The summed E-state index contributed by atoms with van der Waals surface area (Å²) in [5.74, 6) is -0.549. The van der Waals surface area contributed by atoms with Crippen molar-refractivity contribution in [3.05, 3.63) is 52.1 Å². The zero-order valence-corrected chi connectivity index (χ0v) is 11.4. The first-order valence-electron chi connectivity index (χ1n) is 4.95. The lowest BCUT2D eigenvalue weighted by Crippen LogP contribution is -2.11. The first kappa shape index (κ1) is 13.2. The highest BCUT2D eigenvalue weighted by Crippen LogP contribution is 2.32. The molecule has 0 aliphatic heterocycles. The van der Waals surface area contributed by atoms with E-state index in [4.69, 9.17) is 28.9 Å². The van der Waals surface area contributed by atoms with Crippen molar-refractivity contribution in [2.45, 2.75) is 9.92 Å². The standard InChI is InChI=1S/C12H8Cl2N2OS/c13-8-1-3-9(4-2-8)18-12-10(14)5-7(6-16-12)11(15)17/h1-6H,(H2,15,17). The molecule has 0 bridgehead atoms. The van der Waals surface area contributed by atoms with Gasteiger partial charge in [0.2, 0.25) is 5.91 Å². The summed E-state index contributed by atoms with van der Waals surface area (Å²) >= 11 is 13.2. The molecule has 2 rings (SSSR count). The van der Waals surface area contributed by atoms with E-state index in [1.165, 1.54) is 24.0 Å². The Morgan fingerprint density at radius 3 is 2.44 bits per heavy atom. The summed E-state index contributed by atoms with van der Waals surface area (Å²) in [6.45, 7) is 0. The number of carbonyl (C=O) groups excluding carboxylic acids is 1. The third kappa shape index (κ3) is 3.16. The lowest BCUT2D eigenvalue weighted by Gasteiger charge is -2.04. The number of carbonyl (C=O) groups is 1. The molecule has 0 spiro atoms. The number of amides is 1. The molecule has 2 N–H and O–H groups in total. The van der Waals surface area contributed by atoms with Crippen LogP contribution in [-0.2, 0) is 0 Å². The van der Waals surface area contributed by atoms with Gasteiger partial charge in [0.1, 0.15) is 5.03 Å². The van der Waals surface area contributed by atoms with Gasteiger partial charge < -0.3 is 5.73 Å². The van der Waals surface area contributed by atoms with E-state index in [2.05, 4.69) is 4.98 Å². The molecular weight excluding hydrogens is 291 g/mol. The number of halogens is 2. The van der Waals surface area contributed by atoms with Crippen molar-refractivity contribution in [1.82, 2.24) is 4.98 Å². The third-order valence-electron chi connectivity index (χ3n) is 2.12. The van der Waals surface area contributed by atoms with Crippen LogP contribution in [0.15, 0.2) is 46.5 Å². The molecule has 0 unspecified atom stereocenters. The van der Waals surface area contributed by atoms with E-state index in [1.807, 2.05) is 12.1 Å². The number of rotatable bonds is 3. The second-order valence-corrected chi connectivity index (χ2v) is 5.34. The smallest absolute Gasteiger partial charge is 0.250 e. The summed E-state index contributed by atoms with van der Waals surface area (Å²) in [4.78, 5) is 16.0. The van der Waals surface area contributed by atoms with Crippen LogP contribution in [-0.4, -0.2) is 10.9 Å². The van der Waals surface area contributed by atoms with E-state index < -0.39 is 5.91 Å². The number of benzene rings is 1. The fraction of sp³-hybridized carbons (Fsp3) is 0. The average Bonchev–Trinajstić information content (AvgIpc) is 2.34. The maximum absolute atomic E-state index is 11.0. The molecule has 92 valence electrons. The fourth-order valence-corrected chi connectivity index (χ4v) is 2.41. The lowest BCUT2D eigenvalue weighted by molar-refractivity contribution is 0.1000. The Morgan fingerprint density at radius 2 is 1.89 bits per heavy atom. The molecule has 0 atom stereocenters. The second-order valence-electron chi connectivity index (χ2n) is 3.43. The highest BCUT2D eigenvalue weighted by Gasteiger charge is 2.08. The predicted octanol–water partition coefficient (Wildman–Crippen LogP) is 3.64. The zero-order valence-electron chi connectivity index (χ0n) is 9.06. The molecule has 0 fully saturated rings. The Hall–Kier alpha value is -1.23. The topological polar surface area (TPSA) is 56.0 Å². The molecule has 1 heterocycles. The quantitative estimate of drug-likeness (QED) is 0.941. The van der Waals surface area contributed by atoms with E-state index in [1.54, 1.807) is 12.1 Å². The van der Waals surface area contributed by atoms with Gasteiger partial charge in [-0.2, -0.15) is 0 Å². The normalized spacial score (nSPS) is 10.3. The van der Waals surface area contributed by atoms with Crippen LogP contribution in [0, 0.1) is 0 Å². The van der Waals surface area contributed by atoms with Crippen molar-refractivity contribution in [3.63, 3.8) is 0 Å². The average molecular weight is 299 g/mol. The van der Waals surface area contributed by atoms with Crippen LogP contribution in [0.2, 0.25) is 10.0 Å². The van der Waals surface area contributed by atoms with Crippen LogP contribution in [0.4, 0.5) is 0 Å². The van der Waals surface area contributed by atoms with Gasteiger partial charge in [-0.25, -0.2) is 4.98 Å². The Kier molecular flexibility index (Phi) is 4.11. The van der Waals surface area contributed by atoms with Gasteiger partial charge in [-0.15, -0.1) is 0 Å². The summed E-state index contributed by atoms with van der Waals surface area (Å²) in [5.41, 5.74) is 5.43. The first-order chi connectivity index (χ1) is 8.56. The van der Waals surface area contributed by atoms with Crippen molar-refractivity contribution in [3.8, 4) is 0 Å². The minimum absolute atomic E-state index is 0.292. The van der Waals surface area contributed by atoms with Crippen LogP contribution in [0.1, 0.15) is 10.4 Å². The van der Waals surface area contributed by atoms with Crippen LogP contribution in [0.25, 0.3) is 0 Å². The number of hydrogen-bond acceptors (Lipinski definition) is 3. The van der Waals surface area contributed by atoms with E-state index in [0.29, 0.717) is 20.6 Å². The highest BCUT2D eigenvalue weighted by atomic mass is 35.5. The molecule has 0 saturated carbocycles. The van der Waals surface area contributed by atoms with Gasteiger partial charge in [0.15, 0.2) is 0 Å². The molecule has 2 aromatic rings. The summed E-state index contributed by atoms with van der Waals surface area (Å²) in [6, 6.07) is 8.82. The molecular formula is C12H8Cl2N2OS. The maximum Gasteiger partial charge on any atom is 0.250 e. The summed E-state index contributed by atoms with van der Waals surface area (Å²) in [7, 11) is 0. The molecule has 18 heavy (non-hydrogen) atoms. The minimum Gasteiger partial charge on any atom is -0.366 e. The van der Waals surface area contributed by atoms with Crippen molar-refractivity contribution < 1.29 is 4.79 Å². The van der Waals surface area contributed by atoms with E-state index in [9.17, 15) is 4.79 Å². The molecule has 1 aromatic heterocycles. The van der Waals surface area contributed by atoms with E-state index >= 15 is 0 Å². The molecule has 3 nitrogen and oxygen atoms in total. The third-order valence-corrected chi connectivity index (χ3v) is 3.80. The minimum atomic E-state index is -0.549. The van der Waals surface area contributed by atoms with Gasteiger partial charge in [-0.05, 0) is 30.3 Å². The monoisotopic (exact) mass is 298 g/mol. The summed E-state index contributed by atoms with van der Waals surface area (Å²) in [6.07, 6.45) is 1.41. The van der Waals surface area contributed by atoms with Gasteiger partial charge in [0.25, 0.3) is 0 Å². The van der Waals surface area contributed by atoms with Crippen molar-refractivity contribution in [2.75, 3.05) is 0 Å². The Bertz CT molecular complexity index is 587. The van der Waals surface area contributed by atoms with Crippen molar-refractivity contribution in [1.29, 1.82) is 0 Å². The maximum atomic E-state index is 11.0. The Morgan fingerprint density at radius 1 is 1.22 bits per heavy atom. The number of hydrogen-bond donors (Lipinski definition) is 1. The highest BCUT2D eigenvalue weighted by molar-refractivity contribution is 7.99. The van der Waals surface area contributed by atoms with Crippen molar-refractivity contribution >= 4 is 40.9 Å². The second kappa shape index (κ2) is 5.61. The van der Waals surface area contributed by atoms with Gasteiger partial charge in [0, 0.05) is 16.1 Å². The molecule has 0 aliphatic rings. The predicted molar refractivity (Wildman–Crippen MR) is 73.3 cm³/mol. The van der Waals surface area contributed by atoms with E-state index in [0.717, 1.165) is 4.90 Å². The van der Waals surface area contributed by atoms with Gasteiger partial charge in [-0.1, -0.05) is 35.0 Å². The number of primary amides is 1. The Labute approximate surface area is 118 Å².